The zero-order valence-corrected chi connectivity index (χ0v) is 15.9. The molecular weight excluding hydrogens is 362 g/mol. The van der Waals surface area contributed by atoms with Crippen LogP contribution in [-0.2, 0) is 13.7 Å². The fourth-order valence-corrected chi connectivity index (χ4v) is 3.56. The number of aromatic amines is 1. The third-order valence-corrected chi connectivity index (χ3v) is 5.06. The van der Waals surface area contributed by atoms with Crippen molar-refractivity contribution in [1.29, 1.82) is 0 Å². The number of fused-ring (bicyclic) bond motifs is 1. The van der Waals surface area contributed by atoms with E-state index in [1.165, 1.54) is 22.5 Å². The number of H-pyrrole nitrogens is 1. The second-order valence-corrected chi connectivity index (χ2v) is 6.87. The van der Waals surface area contributed by atoms with E-state index in [2.05, 4.69) is 92.9 Å². The summed E-state index contributed by atoms with van der Waals surface area (Å²) in [4.78, 5) is 0. The minimum Gasteiger partial charge on any atom is -0.485 e. The Morgan fingerprint density at radius 3 is 2.38 bits per heavy atom. The van der Waals surface area contributed by atoms with Gasteiger partial charge in [-0.2, -0.15) is 5.21 Å². The number of tetrazole rings is 1. The number of benzene rings is 3. The zero-order chi connectivity index (χ0) is 19.6. The highest BCUT2D eigenvalue weighted by molar-refractivity contribution is 5.88. The van der Waals surface area contributed by atoms with Crippen LogP contribution in [0.2, 0.25) is 0 Å². The number of nitrogens with one attached hydrogen (secondary N) is 1. The Kier molecular flexibility index (Phi) is 4.29. The van der Waals surface area contributed by atoms with Gasteiger partial charge in [-0.1, -0.05) is 53.7 Å². The fraction of sp³-hybridized carbons (Fsp3) is 0.0870. The standard InChI is InChI=1S/C23H19N5O/c1-28-21(16-5-3-2-4-6-16)11-12-22(28)19-8-7-18-14-20(10-9-17(18)13-19)29-15-23-24-26-27-25-23/h2-14H,15H2,1H3,(H,24,25,26,27). The predicted molar refractivity (Wildman–Crippen MR) is 112 cm³/mol. The molecule has 5 aromatic rings. The number of rotatable bonds is 5. The molecular formula is C23H19N5O. The smallest absolute Gasteiger partial charge is 0.211 e. The van der Waals surface area contributed by atoms with E-state index in [1.54, 1.807) is 0 Å². The van der Waals surface area contributed by atoms with Gasteiger partial charge in [0.05, 0.1) is 0 Å². The lowest BCUT2D eigenvalue weighted by Gasteiger charge is -2.10. The van der Waals surface area contributed by atoms with E-state index in [1.807, 2.05) is 18.2 Å². The molecule has 0 radical (unpaired) electrons. The molecule has 0 saturated carbocycles. The zero-order valence-electron chi connectivity index (χ0n) is 15.9. The van der Waals surface area contributed by atoms with Crippen molar-refractivity contribution in [3.63, 3.8) is 0 Å². The third-order valence-electron chi connectivity index (χ3n) is 5.06. The molecule has 6 heteroatoms. The van der Waals surface area contributed by atoms with Gasteiger partial charge >= 0.3 is 0 Å². The minimum absolute atomic E-state index is 0.283. The summed E-state index contributed by atoms with van der Waals surface area (Å²) in [7, 11) is 2.11. The van der Waals surface area contributed by atoms with Gasteiger partial charge in [-0.3, -0.25) is 0 Å². The summed E-state index contributed by atoms with van der Waals surface area (Å²) in [5, 5.41) is 16.0. The molecule has 0 unspecified atom stereocenters. The highest BCUT2D eigenvalue weighted by Gasteiger charge is 2.09. The van der Waals surface area contributed by atoms with Crippen molar-refractivity contribution in [3.05, 3.63) is 84.7 Å². The number of ether oxygens (including phenoxy) is 1. The molecule has 1 N–H and O–H groups in total. The Morgan fingerprint density at radius 2 is 1.59 bits per heavy atom. The molecule has 0 aliphatic carbocycles. The van der Waals surface area contributed by atoms with Gasteiger partial charge in [0.1, 0.15) is 5.75 Å². The van der Waals surface area contributed by atoms with Crippen LogP contribution in [-0.4, -0.2) is 25.2 Å². The first-order chi connectivity index (χ1) is 14.3. The van der Waals surface area contributed by atoms with Crippen LogP contribution in [0.1, 0.15) is 5.82 Å². The first-order valence-corrected chi connectivity index (χ1v) is 9.38. The van der Waals surface area contributed by atoms with Crippen LogP contribution < -0.4 is 4.74 Å². The molecule has 6 nitrogen and oxygen atoms in total. The minimum atomic E-state index is 0.283. The van der Waals surface area contributed by atoms with E-state index in [-0.39, 0.29) is 6.61 Å². The number of aromatic nitrogens is 5. The molecule has 2 heterocycles. The first kappa shape index (κ1) is 17.2. The maximum Gasteiger partial charge on any atom is 0.211 e. The molecule has 142 valence electrons. The number of nitrogens with zero attached hydrogens (tertiary/aromatic N) is 4. The van der Waals surface area contributed by atoms with Crippen LogP contribution in [0.4, 0.5) is 0 Å². The van der Waals surface area contributed by atoms with Crippen LogP contribution in [0.3, 0.4) is 0 Å². The lowest BCUT2D eigenvalue weighted by Crippen LogP contribution is -1.97. The summed E-state index contributed by atoms with van der Waals surface area (Å²) < 4.78 is 7.99. The van der Waals surface area contributed by atoms with Crippen molar-refractivity contribution in [2.24, 2.45) is 7.05 Å². The average Bonchev–Trinajstić information content (AvgIpc) is 3.42. The van der Waals surface area contributed by atoms with Gasteiger partial charge in [0.2, 0.25) is 5.82 Å². The van der Waals surface area contributed by atoms with Gasteiger partial charge in [0.25, 0.3) is 0 Å². The van der Waals surface area contributed by atoms with E-state index in [0.717, 1.165) is 16.5 Å². The van der Waals surface area contributed by atoms with Crippen LogP contribution >= 0.6 is 0 Å². The highest BCUT2D eigenvalue weighted by atomic mass is 16.5. The number of hydrogen-bond donors (Lipinski definition) is 1. The quantitative estimate of drug-likeness (QED) is 0.483. The van der Waals surface area contributed by atoms with Crippen LogP contribution in [0.15, 0.2) is 78.9 Å². The molecule has 0 bridgehead atoms. The topological polar surface area (TPSA) is 68.6 Å². The largest absolute Gasteiger partial charge is 0.485 e. The van der Waals surface area contributed by atoms with Crippen LogP contribution in [0.25, 0.3) is 33.3 Å². The molecule has 5 rings (SSSR count). The van der Waals surface area contributed by atoms with Crippen molar-refractivity contribution in [2.45, 2.75) is 6.61 Å². The highest BCUT2D eigenvalue weighted by Crippen LogP contribution is 2.31. The van der Waals surface area contributed by atoms with Gasteiger partial charge < -0.3 is 9.30 Å². The van der Waals surface area contributed by atoms with E-state index >= 15 is 0 Å². The first-order valence-electron chi connectivity index (χ1n) is 9.38. The molecule has 29 heavy (non-hydrogen) atoms. The Hall–Kier alpha value is -3.93. The average molecular weight is 381 g/mol. The molecule has 0 aliphatic heterocycles. The molecule has 0 atom stereocenters. The Morgan fingerprint density at radius 1 is 0.828 bits per heavy atom. The van der Waals surface area contributed by atoms with Crippen molar-refractivity contribution in [2.75, 3.05) is 0 Å². The van der Waals surface area contributed by atoms with E-state index < -0.39 is 0 Å². The molecule has 2 aromatic heterocycles. The lowest BCUT2D eigenvalue weighted by molar-refractivity contribution is 0.296. The summed E-state index contributed by atoms with van der Waals surface area (Å²) >= 11 is 0. The van der Waals surface area contributed by atoms with Gasteiger partial charge in [-0.25, -0.2) is 0 Å². The Labute approximate surface area is 167 Å². The fourth-order valence-electron chi connectivity index (χ4n) is 3.56. The molecule has 0 aliphatic rings. The van der Waals surface area contributed by atoms with Crippen LogP contribution in [0, 0.1) is 0 Å². The van der Waals surface area contributed by atoms with Crippen molar-refractivity contribution < 1.29 is 4.74 Å². The van der Waals surface area contributed by atoms with E-state index in [4.69, 9.17) is 4.74 Å². The molecule has 0 amide bonds. The van der Waals surface area contributed by atoms with Crippen molar-refractivity contribution in [3.8, 4) is 28.3 Å². The molecule has 0 saturated heterocycles. The number of hydrogen-bond acceptors (Lipinski definition) is 4. The van der Waals surface area contributed by atoms with E-state index in [9.17, 15) is 0 Å². The SMILES string of the molecule is Cn1c(-c2ccccc2)ccc1-c1ccc2cc(OCc3nn[nH]n3)ccc2c1. The second-order valence-electron chi connectivity index (χ2n) is 6.87. The monoisotopic (exact) mass is 381 g/mol. The lowest BCUT2D eigenvalue weighted by atomic mass is 10.0. The molecule has 0 spiro atoms. The van der Waals surface area contributed by atoms with Gasteiger partial charge in [-0.15, -0.1) is 10.2 Å². The summed E-state index contributed by atoms with van der Waals surface area (Å²) in [5.74, 6) is 1.30. The van der Waals surface area contributed by atoms with Crippen LogP contribution in [0.5, 0.6) is 5.75 Å². The maximum absolute atomic E-state index is 5.76. The summed E-state index contributed by atoms with van der Waals surface area (Å²) in [6, 6.07) is 27.3. The van der Waals surface area contributed by atoms with Gasteiger partial charge in [0.15, 0.2) is 6.61 Å². The van der Waals surface area contributed by atoms with Crippen molar-refractivity contribution in [1.82, 2.24) is 25.2 Å². The summed E-state index contributed by atoms with van der Waals surface area (Å²) in [6.45, 7) is 0.283. The van der Waals surface area contributed by atoms with E-state index in [0.29, 0.717) is 5.82 Å². The van der Waals surface area contributed by atoms with Gasteiger partial charge in [-0.05, 0) is 52.2 Å². The van der Waals surface area contributed by atoms with Gasteiger partial charge in [0, 0.05) is 18.4 Å². The molecule has 0 fully saturated rings. The summed E-state index contributed by atoms with van der Waals surface area (Å²) in [5.41, 5.74) is 4.78. The summed E-state index contributed by atoms with van der Waals surface area (Å²) in [6.07, 6.45) is 0. The Balaban J connectivity index is 1.43. The predicted octanol–water partition coefficient (Wildman–Crippen LogP) is 4.60. The maximum atomic E-state index is 5.76. The third kappa shape index (κ3) is 3.36. The molecule has 3 aromatic carbocycles. The normalized spacial score (nSPS) is 11.1. The second kappa shape index (κ2) is 7.24. The van der Waals surface area contributed by atoms with Crippen molar-refractivity contribution >= 4 is 10.8 Å². The Bertz CT molecular complexity index is 1260.